The fourth-order valence-corrected chi connectivity index (χ4v) is 3.25. The highest BCUT2D eigenvalue weighted by molar-refractivity contribution is 7.89. The van der Waals surface area contributed by atoms with Crippen LogP contribution >= 0.6 is 0 Å². The summed E-state index contributed by atoms with van der Waals surface area (Å²) in [5.41, 5.74) is 1.01. The zero-order valence-electron chi connectivity index (χ0n) is 16.0. The molecule has 0 aliphatic heterocycles. The van der Waals surface area contributed by atoms with E-state index < -0.39 is 21.7 Å². The van der Waals surface area contributed by atoms with E-state index in [4.69, 9.17) is 0 Å². The van der Waals surface area contributed by atoms with Crippen molar-refractivity contribution < 1.29 is 17.2 Å². The number of nitrogens with zero attached hydrogens (tertiary/aromatic N) is 2. The molecule has 0 saturated carbocycles. The first-order valence-corrected chi connectivity index (χ1v) is 10.2. The number of nitrogens with one attached hydrogen (secondary N) is 2. The summed E-state index contributed by atoms with van der Waals surface area (Å²) in [6, 6.07) is 9.73. The summed E-state index contributed by atoms with van der Waals surface area (Å²) in [5, 5.41) is 5.98. The lowest BCUT2D eigenvalue weighted by atomic mass is 10.2. The summed E-state index contributed by atoms with van der Waals surface area (Å²) in [7, 11) is -0.523. The number of sulfonamides is 1. The van der Waals surface area contributed by atoms with Gasteiger partial charge in [0.2, 0.25) is 10.0 Å². The van der Waals surface area contributed by atoms with Crippen molar-refractivity contribution in [1.82, 2.24) is 14.9 Å². The van der Waals surface area contributed by atoms with Crippen molar-refractivity contribution in [3.05, 3.63) is 65.2 Å². The van der Waals surface area contributed by atoms with Crippen LogP contribution in [-0.2, 0) is 23.1 Å². The first kappa shape index (κ1) is 21.8. The molecule has 0 atom stereocenters. The van der Waals surface area contributed by atoms with E-state index in [2.05, 4.69) is 15.6 Å². The molecule has 0 heterocycles. The predicted molar refractivity (Wildman–Crippen MR) is 105 cm³/mol. The number of hydrogen-bond acceptors (Lipinski definition) is 3. The highest BCUT2D eigenvalue weighted by atomic mass is 32.2. The third-order valence-corrected chi connectivity index (χ3v) is 5.75. The van der Waals surface area contributed by atoms with Crippen molar-refractivity contribution in [3.63, 3.8) is 0 Å². The van der Waals surface area contributed by atoms with Crippen LogP contribution in [0.1, 0.15) is 18.1 Å². The lowest BCUT2D eigenvalue weighted by Gasteiger charge is -2.13. The van der Waals surface area contributed by atoms with Crippen LogP contribution < -0.4 is 10.6 Å². The van der Waals surface area contributed by atoms with E-state index >= 15 is 0 Å². The van der Waals surface area contributed by atoms with Crippen molar-refractivity contribution in [3.8, 4) is 0 Å². The molecule has 2 N–H and O–H groups in total. The Balaban J connectivity index is 2.07. The summed E-state index contributed by atoms with van der Waals surface area (Å²) in [5.74, 6) is -0.563. The van der Waals surface area contributed by atoms with E-state index in [1.807, 2.05) is 6.92 Å². The molecule has 2 aromatic carbocycles. The number of aliphatic imine (C=N–C) groups is 1. The Kier molecular flexibility index (Phi) is 7.47. The molecule has 2 aromatic rings. The van der Waals surface area contributed by atoms with E-state index in [0.717, 1.165) is 28.1 Å². The second-order valence-corrected chi connectivity index (χ2v) is 8.37. The maximum Gasteiger partial charge on any atom is 0.242 e. The van der Waals surface area contributed by atoms with Crippen molar-refractivity contribution in [2.24, 2.45) is 4.99 Å². The Morgan fingerprint density at radius 3 is 2.36 bits per heavy atom. The van der Waals surface area contributed by atoms with Crippen molar-refractivity contribution in [2.75, 3.05) is 20.6 Å². The molecule has 6 nitrogen and oxygen atoms in total. The molecule has 0 bridgehead atoms. The van der Waals surface area contributed by atoms with E-state index in [9.17, 15) is 17.2 Å². The maximum absolute atomic E-state index is 13.7. The molecular weight excluding hydrogens is 386 g/mol. The molecule has 0 fully saturated rings. The number of halogens is 2. The predicted octanol–water partition coefficient (Wildman–Crippen LogP) is 2.47. The van der Waals surface area contributed by atoms with Crippen LogP contribution in [0.2, 0.25) is 0 Å². The van der Waals surface area contributed by atoms with Gasteiger partial charge < -0.3 is 10.6 Å². The minimum atomic E-state index is -3.47. The van der Waals surface area contributed by atoms with Gasteiger partial charge in [-0.25, -0.2) is 26.5 Å². The molecule has 152 valence electrons. The Morgan fingerprint density at radius 2 is 1.75 bits per heavy atom. The normalized spacial score (nSPS) is 12.3. The van der Waals surface area contributed by atoms with Gasteiger partial charge in [-0.2, -0.15) is 0 Å². The Morgan fingerprint density at radius 1 is 1.07 bits per heavy atom. The van der Waals surface area contributed by atoms with Crippen LogP contribution in [0, 0.1) is 11.6 Å². The van der Waals surface area contributed by atoms with Crippen LogP contribution in [0.25, 0.3) is 0 Å². The Labute approximate surface area is 164 Å². The molecule has 0 aromatic heterocycles. The minimum Gasteiger partial charge on any atom is -0.357 e. The molecule has 0 spiro atoms. The number of rotatable bonds is 7. The van der Waals surface area contributed by atoms with Crippen molar-refractivity contribution in [2.45, 2.75) is 24.9 Å². The Hall–Kier alpha value is -2.52. The van der Waals surface area contributed by atoms with Gasteiger partial charge in [0.1, 0.15) is 11.6 Å². The van der Waals surface area contributed by atoms with Crippen LogP contribution in [0.5, 0.6) is 0 Å². The molecule has 0 radical (unpaired) electrons. The van der Waals surface area contributed by atoms with Crippen LogP contribution in [0.4, 0.5) is 8.78 Å². The Bertz CT molecular complexity index is 929. The maximum atomic E-state index is 13.7. The largest absolute Gasteiger partial charge is 0.357 e. The van der Waals surface area contributed by atoms with Crippen molar-refractivity contribution >= 4 is 16.0 Å². The summed E-state index contributed by atoms with van der Waals surface area (Å²) >= 11 is 0. The summed E-state index contributed by atoms with van der Waals surface area (Å²) in [6.07, 6.45) is 0. The fourth-order valence-electron chi connectivity index (χ4n) is 2.35. The summed E-state index contributed by atoms with van der Waals surface area (Å²) < 4.78 is 52.3. The van der Waals surface area contributed by atoms with Gasteiger partial charge in [0.05, 0.1) is 11.4 Å². The van der Waals surface area contributed by atoms with Crippen LogP contribution in [0.15, 0.2) is 52.4 Å². The third-order valence-electron chi connectivity index (χ3n) is 3.92. The summed E-state index contributed by atoms with van der Waals surface area (Å²) in [4.78, 5) is 4.60. The quantitative estimate of drug-likeness (QED) is 0.543. The number of benzene rings is 2. The van der Waals surface area contributed by atoms with Gasteiger partial charge >= 0.3 is 0 Å². The molecular formula is C19H24F2N4O2S. The highest BCUT2D eigenvalue weighted by Crippen LogP contribution is 2.14. The van der Waals surface area contributed by atoms with Crippen LogP contribution in [-0.4, -0.2) is 39.3 Å². The second-order valence-electron chi connectivity index (χ2n) is 6.22. The molecule has 2 rings (SSSR count). The van der Waals surface area contributed by atoms with Gasteiger partial charge in [-0.1, -0.05) is 12.1 Å². The van der Waals surface area contributed by atoms with E-state index in [1.54, 1.807) is 12.1 Å². The van der Waals surface area contributed by atoms with Gasteiger partial charge in [-0.3, -0.25) is 0 Å². The summed E-state index contributed by atoms with van der Waals surface area (Å²) in [6.45, 7) is 2.86. The molecule has 0 amide bonds. The van der Waals surface area contributed by atoms with Gasteiger partial charge in [0.15, 0.2) is 5.96 Å². The first-order chi connectivity index (χ1) is 13.2. The monoisotopic (exact) mass is 410 g/mol. The zero-order chi connectivity index (χ0) is 20.7. The average molecular weight is 410 g/mol. The molecule has 0 unspecified atom stereocenters. The van der Waals surface area contributed by atoms with Gasteiger partial charge in [-0.15, -0.1) is 0 Å². The lowest BCUT2D eigenvalue weighted by Crippen LogP contribution is -2.37. The van der Waals surface area contributed by atoms with Crippen molar-refractivity contribution in [1.29, 1.82) is 0 Å². The SMILES string of the molecule is CCNC(=NCc1ccc(S(=O)(=O)N(C)C)cc1)NCc1cc(F)ccc1F. The van der Waals surface area contributed by atoms with Crippen LogP contribution in [0.3, 0.4) is 0 Å². The number of hydrogen-bond donors (Lipinski definition) is 2. The third kappa shape index (κ3) is 5.74. The first-order valence-electron chi connectivity index (χ1n) is 8.71. The topological polar surface area (TPSA) is 73.8 Å². The van der Waals surface area contributed by atoms with Gasteiger partial charge in [0.25, 0.3) is 0 Å². The molecule has 0 saturated heterocycles. The second kappa shape index (κ2) is 9.61. The highest BCUT2D eigenvalue weighted by Gasteiger charge is 2.16. The fraction of sp³-hybridized carbons (Fsp3) is 0.316. The molecule has 9 heteroatoms. The standard InChI is InChI=1S/C19H24F2N4O2S/c1-4-22-19(24-13-15-11-16(20)7-10-18(15)21)23-12-14-5-8-17(9-6-14)28(26,27)25(2)3/h5-11H,4,12-13H2,1-3H3,(H2,22,23,24). The van der Waals surface area contributed by atoms with E-state index in [0.29, 0.717) is 19.0 Å². The van der Waals surface area contributed by atoms with E-state index in [1.165, 1.54) is 26.2 Å². The average Bonchev–Trinajstić information content (AvgIpc) is 2.66. The smallest absolute Gasteiger partial charge is 0.242 e. The minimum absolute atomic E-state index is 0.0788. The van der Waals surface area contributed by atoms with Gasteiger partial charge in [-0.05, 0) is 42.8 Å². The molecule has 0 aliphatic rings. The lowest BCUT2D eigenvalue weighted by molar-refractivity contribution is 0.520. The van der Waals surface area contributed by atoms with E-state index in [-0.39, 0.29) is 17.0 Å². The molecule has 0 aliphatic carbocycles. The van der Waals surface area contributed by atoms with Gasteiger partial charge in [0, 0.05) is 32.7 Å². The molecule has 28 heavy (non-hydrogen) atoms. The zero-order valence-corrected chi connectivity index (χ0v) is 16.9. The number of guanidine groups is 1.